The van der Waals surface area contributed by atoms with Crippen LogP contribution in [0.2, 0.25) is 0 Å². The number of rotatable bonds is 10. The second-order valence-electron chi connectivity index (χ2n) is 12.2. The van der Waals surface area contributed by atoms with E-state index in [-0.39, 0.29) is 23.5 Å². The lowest BCUT2D eigenvalue weighted by atomic mass is 9.90. The Labute approximate surface area is 253 Å². The molecule has 3 rings (SSSR count). The summed E-state index contributed by atoms with van der Waals surface area (Å²) in [4.78, 5) is 43.4. The third kappa shape index (κ3) is 8.73. The van der Waals surface area contributed by atoms with Crippen LogP contribution in [0.5, 0.6) is 11.5 Å². The lowest BCUT2D eigenvalue weighted by Crippen LogP contribution is -2.59. The molecule has 0 saturated carbocycles. The number of aromatic hydroxyl groups is 2. The van der Waals surface area contributed by atoms with Crippen LogP contribution in [0.15, 0.2) is 72.8 Å². The van der Waals surface area contributed by atoms with Crippen LogP contribution in [-0.4, -0.2) is 50.2 Å². The van der Waals surface area contributed by atoms with E-state index in [4.69, 9.17) is 4.74 Å². The van der Waals surface area contributed by atoms with Gasteiger partial charge in [-0.05, 0) is 83.4 Å². The number of para-hydroxylation sites is 2. The molecule has 0 aliphatic heterocycles. The summed E-state index contributed by atoms with van der Waals surface area (Å²) in [7, 11) is 0. The van der Waals surface area contributed by atoms with Gasteiger partial charge in [0.1, 0.15) is 29.2 Å². The van der Waals surface area contributed by atoms with Crippen molar-refractivity contribution in [1.29, 1.82) is 0 Å². The second-order valence-corrected chi connectivity index (χ2v) is 12.2. The molecule has 0 heterocycles. The molecule has 0 spiro atoms. The van der Waals surface area contributed by atoms with E-state index in [0.29, 0.717) is 17.7 Å². The number of benzene rings is 3. The largest absolute Gasteiger partial charge is 0.508 e. The van der Waals surface area contributed by atoms with Crippen molar-refractivity contribution >= 4 is 23.6 Å². The zero-order valence-electron chi connectivity index (χ0n) is 26.0. The molecule has 3 aromatic carbocycles. The Balaban J connectivity index is 2.16. The molecule has 2 unspecified atom stereocenters. The van der Waals surface area contributed by atoms with Crippen molar-refractivity contribution in [2.75, 3.05) is 5.32 Å². The van der Waals surface area contributed by atoms with Gasteiger partial charge in [-0.25, -0.2) is 4.79 Å². The summed E-state index contributed by atoms with van der Waals surface area (Å²) in [5.41, 5.74) is 0.591. The van der Waals surface area contributed by atoms with Crippen LogP contribution in [0.4, 0.5) is 10.5 Å². The zero-order valence-corrected chi connectivity index (χ0v) is 26.0. The van der Waals surface area contributed by atoms with Gasteiger partial charge in [0.15, 0.2) is 0 Å². The van der Waals surface area contributed by atoms with Crippen LogP contribution < -0.4 is 10.6 Å². The average Bonchev–Trinajstić information content (AvgIpc) is 2.92. The van der Waals surface area contributed by atoms with Crippen LogP contribution in [0.3, 0.4) is 0 Å². The van der Waals surface area contributed by atoms with Crippen molar-refractivity contribution in [3.05, 3.63) is 89.5 Å². The summed E-state index contributed by atoms with van der Waals surface area (Å²) in [6, 6.07) is 17.6. The number of phenolic OH excluding ortho intramolecular Hbond substituents is 2. The predicted molar refractivity (Wildman–Crippen MR) is 167 cm³/mol. The van der Waals surface area contributed by atoms with Crippen LogP contribution in [0, 0.1) is 6.92 Å². The molecule has 9 nitrogen and oxygen atoms in total. The molecular formula is C34H43N3O6. The summed E-state index contributed by atoms with van der Waals surface area (Å²) in [6.07, 6.45) is -0.275. The minimum absolute atomic E-state index is 0.0571. The van der Waals surface area contributed by atoms with E-state index in [1.807, 2.05) is 39.8 Å². The summed E-state index contributed by atoms with van der Waals surface area (Å²) in [5, 5.41) is 26.4. The van der Waals surface area contributed by atoms with E-state index in [2.05, 4.69) is 10.6 Å². The highest BCUT2D eigenvalue weighted by Crippen LogP contribution is 2.37. The Morgan fingerprint density at radius 3 is 2.07 bits per heavy atom. The number of hydrogen-bond donors (Lipinski definition) is 4. The van der Waals surface area contributed by atoms with Gasteiger partial charge in [0.05, 0.1) is 0 Å². The Hall–Kier alpha value is -4.53. The van der Waals surface area contributed by atoms with E-state index in [1.165, 1.54) is 23.1 Å². The van der Waals surface area contributed by atoms with Gasteiger partial charge in [-0.15, -0.1) is 0 Å². The molecule has 3 amide bonds. The van der Waals surface area contributed by atoms with Crippen LogP contribution in [0.25, 0.3) is 0 Å². The van der Waals surface area contributed by atoms with E-state index in [9.17, 15) is 24.6 Å². The number of hydrogen-bond acceptors (Lipinski definition) is 6. The standard InChI is InChI=1S/C34H43N3O6/c1-8-34(6,7)37(29(25-14-10-12-16-28(25)39)30(40)35-26-15-11-9-13-22(26)2)31(41)27(36-32(42)43-33(3,4)5)21-23-17-19-24(38)20-18-23/h9-20,27,29,38-39H,8,21H2,1-7H3,(H,35,40)(H,36,42). The maximum Gasteiger partial charge on any atom is 0.408 e. The normalized spacial score (nSPS) is 13.0. The van der Waals surface area contributed by atoms with Crippen molar-refractivity contribution in [1.82, 2.24) is 10.2 Å². The van der Waals surface area contributed by atoms with Gasteiger partial charge < -0.3 is 30.5 Å². The van der Waals surface area contributed by atoms with Crippen molar-refractivity contribution in [2.24, 2.45) is 0 Å². The van der Waals surface area contributed by atoms with Crippen LogP contribution >= 0.6 is 0 Å². The molecule has 0 saturated heterocycles. The van der Waals surface area contributed by atoms with Crippen molar-refractivity contribution in [2.45, 2.75) is 84.5 Å². The second kappa shape index (κ2) is 13.6. The summed E-state index contributed by atoms with van der Waals surface area (Å²) >= 11 is 0. The van der Waals surface area contributed by atoms with Crippen molar-refractivity contribution < 1.29 is 29.3 Å². The Kier molecular flexibility index (Phi) is 10.5. The number of aryl methyl sites for hydroxylation is 1. The minimum Gasteiger partial charge on any atom is -0.508 e. The van der Waals surface area contributed by atoms with Gasteiger partial charge in [0.25, 0.3) is 5.91 Å². The first kappa shape index (κ1) is 33.0. The number of carbonyl (C=O) groups is 3. The van der Waals surface area contributed by atoms with E-state index in [1.54, 1.807) is 63.2 Å². The number of phenols is 2. The zero-order chi connectivity index (χ0) is 31.9. The fraction of sp³-hybridized carbons (Fsp3) is 0.382. The number of nitrogens with zero attached hydrogens (tertiary/aromatic N) is 1. The van der Waals surface area contributed by atoms with Crippen molar-refractivity contribution in [3.8, 4) is 11.5 Å². The Bertz CT molecular complexity index is 1430. The molecule has 2 atom stereocenters. The third-order valence-corrected chi connectivity index (χ3v) is 7.26. The van der Waals surface area contributed by atoms with Gasteiger partial charge >= 0.3 is 6.09 Å². The first-order valence-corrected chi connectivity index (χ1v) is 14.4. The number of carbonyl (C=O) groups excluding carboxylic acids is 3. The molecule has 3 aromatic rings. The quantitative estimate of drug-likeness (QED) is 0.222. The summed E-state index contributed by atoms with van der Waals surface area (Å²) < 4.78 is 5.49. The van der Waals surface area contributed by atoms with Gasteiger partial charge in [-0.1, -0.05) is 55.5 Å². The number of anilines is 1. The SMILES string of the molecule is CCC(C)(C)N(C(=O)C(Cc1ccc(O)cc1)NC(=O)OC(C)(C)C)C(C(=O)Nc1ccccc1C)c1ccccc1O. The van der Waals surface area contributed by atoms with E-state index in [0.717, 1.165) is 5.56 Å². The molecule has 4 N–H and O–H groups in total. The molecule has 230 valence electrons. The maximum atomic E-state index is 14.7. The molecule has 0 aliphatic carbocycles. The fourth-order valence-electron chi connectivity index (χ4n) is 4.66. The lowest BCUT2D eigenvalue weighted by molar-refractivity contribution is -0.147. The monoisotopic (exact) mass is 589 g/mol. The molecule has 9 heteroatoms. The average molecular weight is 590 g/mol. The van der Waals surface area contributed by atoms with Crippen molar-refractivity contribution in [3.63, 3.8) is 0 Å². The molecule has 0 aromatic heterocycles. The topological polar surface area (TPSA) is 128 Å². The number of ether oxygens (including phenoxy) is 1. The van der Waals surface area contributed by atoms with Gasteiger partial charge in [0.2, 0.25) is 5.91 Å². The summed E-state index contributed by atoms with van der Waals surface area (Å²) in [6.45, 7) is 12.6. The Morgan fingerprint density at radius 1 is 0.884 bits per heavy atom. The predicted octanol–water partition coefficient (Wildman–Crippen LogP) is 6.24. The minimum atomic E-state index is -1.26. The first-order chi connectivity index (χ1) is 20.1. The fourth-order valence-corrected chi connectivity index (χ4v) is 4.66. The van der Waals surface area contributed by atoms with E-state index >= 15 is 0 Å². The molecule has 0 fully saturated rings. The smallest absolute Gasteiger partial charge is 0.408 e. The lowest BCUT2D eigenvalue weighted by Gasteiger charge is -2.44. The van der Waals surface area contributed by atoms with Gasteiger partial charge in [-0.3, -0.25) is 9.59 Å². The molecule has 0 aliphatic rings. The first-order valence-electron chi connectivity index (χ1n) is 14.4. The van der Waals surface area contributed by atoms with Gasteiger partial charge in [-0.2, -0.15) is 0 Å². The highest BCUT2D eigenvalue weighted by Gasteiger charge is 2.44. The number of amides is 3. The maximum absolute atomic E-state index is 14.7. The highest BCUT2D eigenvalue weighted by atomic mass is 16.6. The third-order valence-electron chi connectivity index (χ3n) is 7.26. The number of nitrogens with one attached hydrogen (secondary N) is 2. The number of alkyl carbamates (subject to hydrolysis) is 1. The molecule has 0 radical (unpaired) electrons. The van der Waals surface area contributed by atoms with Crippen LogP contribution in [-0.2, 0) is 20.7 Å². The Morgan fingerprint density at radius 2 is 1.49 bits per heavy atom. The molecule has 43 heavy (non-hydrogen) atoms. The molecular weight excluding hydrogens is 546 g/mol. The highest BCUT2D eigenvalue weighted by molar-refractivity contribution is 6.00. The van der Waals surface area contributed by atoms with E-state index < -0.39 is 41.1 Å². The van der Waals surface area contributed by atoms with Crippen LogP contribution in [0.1, 0.15) is 70.7 Å². The van der Waals surface area contributed by atoms with Gasteiger partial charge in [0, 0.05) is 23.2 Å². The summed E-state index contributed by atoms with van der Waals surface area (Å²) in [5.74, 6) is -1.15. The molecule has 0 bridgehead atoms.